The Morgan fingerprint density at radius 1 is 1.37 bits per heavy atom. The summed E-state index contributed by atoms with van der Waals surface area (Å²) in [6.07, 6.45) is 5.73. The highest BCUT2D eigenvalue weighted by Crippen LogP contribution is 2.24. The smallest absolute Gasteiger partial charge is 0.254 e. The lowest BCUT2D eigenvalue weighted by atomic mass is 9.97. The van der Waals surface area contributed by atoms with Gasteiger partial charge in [-0.15, -0.1) is 0 Å². The lowest BCUT2D eigenvalue weighted by Gasteiger charge is -2.36. The summed E-state index contributed by atoms with van der Waals surface area (Å²) in [5.41, 5.74) is 8.31. The highest BCUT2D eigenvalue weighted by atomic mass is 16.2. The van der Waals surface area contributed by atoms with Crippen LogP contribution < -0.4 is 5.73 Å². The average Bonchev–Trinajstić information content (AvgIpc) is 2.38. The highest BCUT2D eigenvalue weighted by Gasteiger charge is 2.26. The van der Waals surface area contributed by atoms with Gasteiger partial charge in [0.2, 0.25) is 0 Å². The first kappa shape index (κ1) is 13.9. The van der Waals surface area contributed by atoms with Gasteiger partial charge in [0.1, 0.15) is 0 Å². The molecule has 2 rings (SSSR count). The number of aryl methyl sites for hydroxylation is 1. The first-order valence-corrected chi connectivity index (χ1v) is 7.30. The molecule has 1 fully saturated rings. The number of amides is 1. The van der Waals surface area contributed by atoms with E-state index in [1.54, 1.807) is 6.07 Å². The van der Waals surface area contributed by atoms with Crippen molar-refractivity contribution in [2.24, 2.45) is 0 Å². The Hall–Kier alpha value is -1.51. The fourth-order valence-electron chi connectivity index (χ4n) is 3.00. The molecule has 1 unspecified atom stereocenters. The zero-order chi connectivity index (χ0) is 13.8. The van der Waals surface area contributed by atoms with Crippen LogP contribution in [0.3, 0.4) is 0 Å². The molecule has 104 valence electrons. The van der Waals surface area contributed by atoms with Gasteiger partial charge in [0.25, 0.3) is 5.91 Å². The van der Waals surface area contributed by atoms with E-state index in [2.05, 4.69) is 11.8 Å². The van der Waals surface area contributed by atoms with Crippen molar-refractivity contribution >= 4 is 11.6 Å². The quantitative estimate of drug-likeness (QED) is 0.847. The average molecular weight is 260 g/mol. The number of hydrogen-bond acceptors (Lipinski definition) is 2. The van der Waals surface area contributed by atoms with E-state index in [1.807, 2.05) is 19.1 Å². The van der Waals surface area contributed by atoms with Crippen molar-refractivity contribution in [3.05, 3.63) is 29.3 Å². The van der Waals surface area contributed by atoms with Crippen molar-refractivity contribution in [3.8, 4) is 0 Å². The SMILES string of the molecule is CCCC1CCCCN1C(=O)c1cc(C)cc(N)c1. The number of rotatable bonds is 3. The highest BCUT2D eigenvalue weighted by molar-refractivity contribution is 5.95. The second-order valence-corrected chi connectivity index (χ2v) is 5.57. The zero-order valence-electron chi connectivity index (χ0n) is 12.0. The molecule has 0 aromatic heterocycles. The topological polar surface area (TPSA) is 46.3 Å². The molecule has 1 aliphatic heterocycles. The molecule has 1 amide bonds. The predicted molar refractivity (Wildman–Crippen MR) is 79.2 cm³/mol. The summed E-state index contributed by atoms with van der Waals surface area (Å²) in [5, 5.41) is 0. The lowest BCUT2D eigenvalue weighted by Crippen LogP contribution is -2.43. The number of nitrogens with two attached hydrogens (primary N) is 1. The van der Waals surface area contributed by atoms with Gasteiger partial charge in [-0.05, 0) is 56.4 Å². The van der Waals surface area contributed by atoms with Crippen LogP contribution >= 0.6 is 0 Å². The molecular weight excluding hydrogens is 236 g/mol. The molecular formula is C16H24N2O. The van der Waals surface area contributed by atoms with Crippen LogP contribution in [0.1, 0.15) is 54.9 Å². The summed E-state index contributed by atoms with van der Waals surface area (Å²) in [5.74, 6) is 0.147. The van der Waals surface area contributed by atoms with E-state index < -0.39 is 0 Å². The minimum absolute atomic E-state index is 0.147. The first-order valence-electron chi connectivity index (χ1n) is 7.30. The van der Waals surface area contributed by atoms with Crippen LogP contribution in [0.2, 0.25) is 0 Å². The summed E-state index contributed by atoms with van der Waals surface area (Å²) in [6.45, 7) is 5.05. The Bertz CT molecular complexity index is 434. The number of likely N-dealkylation sites (tertiary alicyclic amines) is 1. The molecule has 1 heterocycles. The summed E-state index contributed by atoms with van der Waals surface area (Å²) in [6, 6.07) is 6.05. The molecule has 1 aromatic carbocycles. The minimum atomic E-state index is 0.147. The maximum absolute atomic E-state index is 12.7. The number of carbonyl (C=O) groups excluding carboxylic acids is 1. The van der Waals surface area contributed by atoms with Crippen molar-refractivity contribution in [3.63, 3.8) is 0 Å². The van der Waals surface area contributed by atoms with E-state index >= 15 is 0 Å². The summed E-state index contributed by atoms with van der Waals surface area (Å²) in [7, 11) is 0. The Morgan fingerprint density at radius 3 is 2.84 bits per heavy atom. The van der Waals surface area contributed by atoms with Crippen molar-refractivity contribution in [1.29, 1.82) is 0 Å². The maximum atomic E-state index is 12.7. The second-order valence-electron chi connectivity index (χ2n) is 5.57. The third kappa shape index (κ3) is 3.28. The fourth-order valence-corrected chi connectivity index (χ4v) is 3.00. The van der Waals surface area contributed by atoms with Gasteiger partial charge >= 0.3 is 0 Å². The number of nitrogens with zero attached hydrogens (tertiary/aromatic N) is 1. The van der Waals surface area contributed by atoms with Crippen LogP contribution in [-0.2, 0) is 0 Å². The van der Waals surface area contributed by atoms with E-state index in [-0.39, 0.29) is 5.91 Å². The summed E-state index contributed by atoms with van der Waals surface area (Å²) >= 11 is 0. The molecule has 1 atom stereocenters. The van der Waals surface area contributed by atoms with Gasteiger partial charge < -0.3 is 10.6 Å². The van der Waals surface area contributed by atoms with Gasteiger partial charge in [-0.2, -0.15) is 0 Å². The second kappa shape index (κ2) is 6.09. The van der Waals surface area contributed by atoms with Crippen LogP contribution in [0, 0.1) is 6.92 Å². The van der Waals surface area contributed by atoms with Gasteiger partial charge in [-0.25, -0.2) is 0 Å². The Labute approximate surface area is 115 Å². The largest absolute Gasteiger partial charge is 0.399 e. The predicted octanol–water partition coefficient (Wildman–Crippen LogP) is 3.37. The molecule has 0 bridgehead atoms. The van der Waals surface area contributed by atoms with Crippen LogP contribution in [0.5, 0.6) is 0 Å². The van der Waals surface area contributed by atoms with E-state index in [1.165, 1.54) is 6.42 Å². The molecule has 0 spiro atoms. The van der Waals surface area contributed by atoms with Crippen LogP contribution in [0.15, 0.2) is 18.2 Å². The summed E-state index contributed by atoms with van der Waals surface area (Å²) < 4.78 is 0. The van der Waals surface area contributed by atoms with E-state index in [9.17, 15) is 4.79 Å². The van der Waals surface area contributed by atoms with Crippen LogP contribution in [-0.4, -0.2) is 23.4 Å². The van der Waals surface area contributed by atoms with Gasteiger partial charge in [0.05, 0.1) is 0 Å². The van der Waals surface area contributed by atoms with Gasteiger partial charge in [-0.3, -0.25) is 4.79 Å². The number of anilines is 1. The Morgan fingerprint density at radius 2 is 2.16 bits per heavy atom. The maximum Gasteiger partial charge on any atom is 0.254 e. The molecule has 1 saturated heterocycles. The van der Waals surface area contributed by atoms with Gasteiger partial charge in [0.15, 0.2) is 0 Å². The van der Waals surface area contributed by atoms with Crippen molar-refractivity contribution in [1.82, 2.24) is 4.90 Å². The van der Waals surface area contributed by atoms with Gasteiger partial charge in [0, 0.05) is 23.8 Å². The number of piperidine rings is 1. The molecule has 2 N–H and O–H groups in total. The third-order valence-corrected chi connectivity index (χ3v) is 3.86. The van der Waals surface area contributed by atoms with Crippen molar-refractivity contribution in [2.45, 2.75) is 52.0 Å². The molecule has 1 aromatic rings. The van der Waals surface area contributed by atoms with Crippen molar-refractivity contribution < 1.29 is 4.79 Å². The zero-order valence-corrected chi connectivity index (χ0v) is 12.0. The fraction of sp³-hybridized carbons (Fsp3) is 0.562. The number of carbonyl (C=O) groups is 1. The monoisotopic (exact) mass is 260 g/mol. The van der Waals surface area contributed by atoms with E-state index in [4.69, 9.17) is 5.73 Å². The normalized spacial score (nSPS) is 19.5. The number of hydrogen-bond donors (Lipinski definition) is 1. The molecule has 0 aliphatic carbocycles. The van der Waals surface area contributed by atoms with Gasteiger partial charge in [-0.1, -0.05) is 13.3 Å². The number of nitrogen functional groups attached to an aromatic ring is 1. The molecule has 1 aliphatic rings. The molecule has 19 heavy (non-hydrogen) atoms. The Balaban J connectivity index is 2.20. The molecule has 0 saturated carbocycles. The van der Waals surface area contributed by atoms with E-state index in [0.29, 0.717) is 11.7 Å². The molecule has 0 radical (unpaired) electrons. The van der Waals surface area contributed by atoms with Crippen LogP contribution in [0.25, 0.3) is 0 Å². The summed E-state index contributed by atoms with van der Waals surface area (Å²) in [4.78, 5) is 14.7. The Kier molecular flexibility index (Phi) is 4.46. The van der Waals surface area contributed by atoms with Crippen LogP contribution in [0.4, 0.5) is 5.69 Å². The lowest BCUT2D eigenvalue weighted by molar-refractivity contribution is 0.0600. The molecule has 3 heteroatoms. The number of benzene rings is 1. The minimum Gasteiger partial charge on any atom is -0.399 e. The molecule has 3 nitrogen and oxygen atoms in total. The van der Waals surface area contributed by atoms with E-state index in [0.717, 1.165) is 43.4 Å². The van der Waals surface area contributed by atoms with Crippen molar-refractivity contribution in [2.75, 3.05) is 12.3 Å². The standard InChI is InChI=1S/C16H24N2O/c1-3-6-15-7-4-5-8-18(15)16(19)13-9-12(2)10-14(17)11-13/h9-11,15H,3-8,17H2,1-2H3. The third-order valence-electron chi connectivity index (χ3n) is 3.86. The first-order chi connectivity index (χ1) is 9.11.